The minimum Gasteiger partial charge on any atom is -0.396 e. The zero-order valence-electron chi connectivity index (χ0n) is 12.3. The van der Waals surface area contributed by atoms with E-state index in [0.29, 0.717) is 5.70 Å². The summed E-state index contributed by atoms with van der Waals surface area (Å²) in [5.74, 6) is 5.28. The van der Waals surface area contributed by atoms with Crippen molar-refractivity contribution in [2.45, 2.75) is 0 Å². The van der Waals surface area contributed by atoms with E-state index in [0.717, 1.165) is 27.6 Å². The van der Waals surface area contributed by atoms with E-state index >= 15 is 0 Å². The second kappa shape index (κ2) is 6.18. The number of fused-ring (bicyclic) bond motifs is 1. The van der Waals surface area contributed by atoms with Gasteiger partial charge in [0.05, 0.1) is 11.2 Å². The van der Waals surface area contributed by atoms with Gasteiger partial charge in [-0.05, 0) is 29.3 Å². The molecule has 23 heavy (non-hydrogen) atoms. The van der Waals surface area contributed by atoms with Crippen LogP contribution in [0.3, 0.4) is 0 Å². The van der Waals surface area contributed by atoms with Crippen molar-refractivity contribution >= 4 is 16.6 Å². The van der Waals surface area contributed by atoms with Crippen molar-refractivity contribution in [3.8, 4) is 17.2 Å². The van der Waals surface area contributed by atoms with Crippen molar-refractivity contribution in [3.05, 3.63) is 72.1 Å². The smallest absolute Gasteiger partial charge is 0.151 e. The van der Waals surface area contributed by atoms with Crippen LogP contribution in [-0.4, -0.2) is 4.98 Å². The van der Waals surface area contributed by atoms with Gasteiger partial charge in [-0.2, -0.15) is 5.26 Å². The molecule has 0 aliphatic carbocycles. The van der Waals surface area contributed by atoms with Crippen molar-refractivity contribution in [1.82, 2.24) is 10.4 Å². The predicted octanol–water partition coefficient (Wildman–Crippen LogP) is 2.52. The van der Waals surface area contributed by atoms with Gasteiger partial charge in [0.25, 0.3) is 0 Å². The molecule has 0 unspecified atom stereocenters. The molecule has 5 heteroatoms. The van der Waals surface area contributed by atoms with Crippen LogP contribution < -0.4 is 17.0 Å². The first-order valence-corrected chi connectivity index (χ1v) is 7.05. The number of hydrazine groups is 1. The molecule has 1 heterocycles. The number of benzene rings is 2. The zero-order valence-corrected chi connectivity index (χ0v) is 12.3. The maximum Gasteiger partial charge on any atom is 0.151 e. The molecule has 0 radical (unpaired) electrons. The van der Waals surface area contributed by atoms with Crippen LogP contribution in [0.4, 0.5) is 0 Å². The molecule has 3 rings (SSSR count). The van der Waals surface area contributed by atoms with Gasteiger partial charge in [-0.3, -0.25) is 4.98 Å². The summed E-state index contributed by atoms with van der Waals surface area (Å²) in [7, 11) is 0. The van der Waals surface area contributed by atoms with Gasteiger partial charge in [-0.15, -0.1) is 0 Å². The Morgan fingerprint density at radius 1 is 1.04 bits per heavy atom. The number of pyridine rings is 1. The van der Waals surface area contributed by atoms with Crippen molar-refractivity contribution in [1.29, 1.82) is 5.26 Å². The summed E-state index contributed by atoms with van der Waals surface area (Å²) in [5, 5.41) is 10.0. The van der Waals surface area contributed by atoms with Gasteiger partial charge in [0.15, 0.2) is 5.70 Å². The van der Waals surface area contributed by atoms with Crippen LogP contribution in [0.2, 0.25) is 0 Å². The van der Waals surface area contributed by atoms with Crippen molar-refractivity contribution in [2.24, 2.45) is 11.6 Å². The number of hydrogen-bond acceptors (Lipinski definition) is 5. The molecule has 0 saturated carbocycles. The minimum absolute atomic E-state index is 0.148. The molecule has 112 valence electrons. The molecule has 0 saturated heterocycles. The molecule has 0 spiro atoms. The summed E-state index contributed by atoms with van der Waals surface area (Å²) in [5.41, 5.74) is 12.6. The Bertz CT molecular complexity index is 920. The van der Waals surface area contributed by atoms with E-state index in [9.17, 15) is 0 Å². The van der Waals surface area contributed by atoms with Crippen LogP contribution in [0.5, 0.6) is 0 Å². The third kappa shape index (κ3) is 2.84. The molecular formula is C18H15N5. The molecular weight excluding hydrogens is 286 g/mol. The van der Waals surface area contributed by atoms with Gasteiger partial charge in [0, 0.05) is 17.1 Å². The molecule has 5 nitrogen and oxygen atoms in total. The normalized spacial score (nSPS) is 11.7. The van der Waals surface area contributed by atoms with E-state index in [1.807, 2.05) is 54.6 Å². The maximum absolute atomic E-state index is 8.95. The predicted molar refractivity (Wildman–Crippen MR) is 91.2 cm³/mol. The molecule has 0 bridgehead atoms. The number of nitrogens with two attached hydrogens (primary N) is 2. The average molecular weight is 301 g/mol. The Labute approximate surface area is 133 Å². The van der Waals surface area contributed by atoms with Gasteiger partial charge < -0.3 is 11.2 Å². The molecule has 0 fully saturated rings. The number of aromatic nitrogens is 1. The van der Waals surface area contributed by atoms with Gasteiger partial charge in [-0.1, -0.05) is 36.4 Å². The maximum atomic E-state index is 8.95. The van der Waals surface area contributed by atoms with Gasteiger partial charge in [0.2, 0.25) is 0 Å². The standard InChI is InChI=1S/C18H15N5/c19-11-17(23-21)18(20)13-5-3-12(4-6-13)14-7-8-16-15(10-14)2-1-9-22-16/h1-10,23H,20-21H2/b18-17-. The van der Waals surface area contributed by atoms with Crippen LogP contribution in [0.15, 0.2) is 66.5 Å². The lowest BCUT2D eigenvalue weighted by Gasteiger charge is -2.08. The topological polar surface area (TPSA) is 101 Å². The van der Waals surface area contributed by atoms with Crippen molar-refractivity contribution in [3.63, 3.8) is 0 Å². The lowest BCUT2D eigenvalue weighted by molar-refractivity contribution is 0.920. The quantitative estimate of drug-likeness (QED) is 0.392. The van der Waals surface area contributed by atoms with Gasteiger partial charge in [-0.25, -0.2) is 5.84 Å². The van der Waals surface area contributed by atoms with E-state index in [4.69, 9.17) is 16.8 Å². The summed E-state index contributed by atoms with van der Waals surface area (Å²) in [6.45, 7) is 0. The molecule has 2 aromatic carbocycles. The van der Waals surface area contributed by atoms with E-state index in [1.54, 1.807) is 6.20 Å². The largest absolute Gasteiger partial charge is 0.396 e. The summed E-state index contributed by atoms with van der Waals surface area (Å²) < 4.78 is 0. The van der Waals surface area contributed by atoms with Crippen LogP contribution in [-0.2, 0) is 0 Å². The number of allylic oxidation sites excluding steroid dienone is 1. The number of nitriles is 1. The number of nitrogens with zero attached hydrogens (tertiary/aromatic N) is 2. The Balaban J connectivity index is 1.98. The van der Waals surface area contributed by atoms with Gasteiger partial charge >= 0.3 is 0 Å². The highest BCUT2D eigenvalue weighted by Crippen LogP contribution is 2.25. The molecule has 3 aromatic rings. The monoisotopic (exact) mass is 301 g/mol. The lowest BCUT2D eigenvalue weighted by atomic mass is 10.0. The van der Waals surface area contributed by atoms with Crippen molar-refractivity contribution in [2.75, 3.05) is 0 Å². The SMILES string of the molecule is N#C/C(NN)=C(/N)c1ccc(-c2ccc3ncccc3c2)cc1. The van der Waals surface area contributed by atoms with Crippen molar-refractivity contribution < 1.29 is 0 Å². The van der Waals surface area contributed by atoms with E-state index in [-0.39, 0.29) is 5.70 Å². The Hall–Kier alpha value is -3.36. The Morgan fingerprint density at radius 2 is 1.78 bits per heavy atom. The summed E-state index contributed by atoms with van der Waals surface area (Å²) >= 11 is 0. The van der Waals surface area contributed by atoms with E-state index in [2.05, 4.69) is 16.5 Å². The Kier molecular flexibility index (Phi) is 3.91. The zero-order chi connectivity index (χ0) is 16.2. The minimum atomic E-state index is 0.148. The molecule has 0 aliphatic heterocycles. The summed E-state index contributed by atoms with van der Waals surface area (Å²) in [4.78, 5) is 4.32. The third-order valence-electron chi connectivity index (χ3n) is 3.66. The van der Waals surface area contributed by atoms with Crippen LogP contribution in [0.1, 0.15) is 5.56 Å². The highest BCUT2D eigenvalue weighted by molar-refractivity contribution is 5.84. The molecule has 5 N–H and O–H groups in total. The first kappa shape index (κ1) is 14.6. The highest BCUT2D eigenvalue weighted by atomic mass is 15.2. The highest BCUT2D eigenvalue weighted by Gasteiger charge is 2.05. The Morgan fingerprint density at radius 3 is 2.48 bits per heavy atom. The fourth-order valence-corrected chi connectivity index (χ4v) is 2.41. The third-order valence-corrected chi connectivity index (χ3v) is 3.66. The molecule has 1 aromatic heterocycles. The number of nitrogens with one attached hydrogen (secondary N) is 1. The summed E-state index contributed by atoms with van der Waals surface area (Å²) in [6.07, 6.45) is 1.78. The summed E-state index contributed by atoms with van der Waals surface area (Å²) in [6, 6.07) is 19.7. The molecule has 0 amide bonds. The average Bonchev–Trinajstić information content (AvgIpc) is 2.62. The lowest BCUT2D eigenvalue weighted by Crippen LogP contribution is -2.23. The number of hydrogen-bond donors (Lipinski definition) is 3. The van der Waals surface area contributed by atoms with Crippen LogP contribution in [0, 0.1) is 11.3 Å². The number of rotatable bonds is 3. The van der Waals surface area contributed by atoms with Crippen LogP contribution >= 0.6 is 0 Å². The van der Waals surface area contributed by atoms with Gasteiger partial charge in [0.1, 0.15) is 6.07 Å². The first-order chi connectivity index (χ1) is 11.2. The second-order valence-corrected chi connectivity index (χ2v) is 5.03. The van der Waals surface area contributed by atoms with E-state index in [1.165, 1.54) is 0 Å². The molecule has 0 aliphatic rings. The fourth-order valence-electron chi connectivity index (χ4n) is 2.41. The van der Waals surface area contributed by atoms with E-state index < -0.39 is 0 Å². The molecule has 0 atom stereocenters. The fraction of sp³-hybridized carbons (Fsp3) is 0. The first-order valence-electron chi connectivity index (χ1n) is 7.05. The second-order valence-electron chi connectivity index (χ2n) is 5.03. The van der Waals surface area contributed by atoms with Crippen LogP contribution in [0.25, 0.3) is 27.7 Å².